The number of hydrogen-bond acceptors (Lipinski definition) is 3. The summed E-state index contributed by atoms with van der Waals surface area (Å²) in [5, 5.41) is 3.31. The van der Waals surface area contributed by atoms with Crippen LogP contribution in [-0.2, 0) is 0 Å². The highest BCUT2D eigenvalue weighted by Crippen LogP contribution is 2.19. The number of nitrogens with zero attached hydrogens (tertiary/aromatic N) is 1. The molecule has 1 rings (SSSR count). The molecule has 1 heterocycles. The predicted molar refractivity (Wildman–Crippen MR) is 63.8 cm³/mol. The summed E-state index contributed by atoms with van der Waals surface area (Å²) in [5.41, 5.74) is -0.124. The van der Waals surface area contributed by atoms with Gasteiger partial charge in [0.25, 0.3) is 0 Å². The van der Waals surface area contributed by atoms with Crippen LogP contribution in [0, 0.1) is 0 Å². The van der Waals surface area contributed by atoms with Crippen molar-refractivity contribution in [1.29, 1.82) is 0 Å². The van der Waals surface area contributed by atoms with Crippen LogP contribution in [0.2, 0.25) is 0 Å². The van der Waals surface area contributed by atoms with Crippen LogP contribution in [0.25, 0.3) is 0 Å². The quantitative estimate of drug-likeness (QED) is 0.787. The van der Waals surface area contributed by atoms with Crippen molar-refractivity contribution in [3.05, 3.63) is 18.2 Å². The Balaban J connectivity index is 2.79. The number of nitrogens with one attached hydrogen (secondary N) is 1. The van der Waals surface area contributed by atoms with E-state index in [1.54, 1.807) is 7.11 Å². The Morgan fingerprint density at radius 1 is 1.53 bits per heavy atom. The van der Waals surface area contributed by atoms with E-state index in [1.165, 1.54) is 0 Å². The fourth-order valence-corrected chi connectivity index (χ4v) is 1.38. The molecule has 1 atom stereocenters. The van der Waals surface area contributed by atoms with Gasteiger partial charge in [0, 0.05) is 17.5 Å². The summed E-state index contributed by atoms with van der Waals surface area (Å²) in [7, 11) is 1.60. The number of methoxy groups -OCH3 is 1. The molecule has 0 aromatic carbocycles. The van der Waals surface area contributed by atoms with E-state index < -0.39 is 0 Å². The highest BCUT2D eigenvalue weighted by molar-refractivity contribution is 6.18. The smallest absolute Gasteiger partial charge is 0.214 e. The first-order valence-electron chi connectivity index (χ1n) is 4.99. The van der Waals surface area contributed by atoms with Gasteiger partial charge in [-0.2, -0.15) is 4.98 Å². The normalized spacial score (nSPS) is 14.4. The van der Waals surface area contributed by atoms with Crippen LogP contribution in [0.5, 0.6) is 5.88 Å². The Kier molecular flexibility index (Phi) is 4.21. The van der Waals surface area contributed by atoms with Crippen LogP contribution in [0.4, 0.5) is 5.82 Å². The largest absolute Gasteiger partial charge is 0.481 e. The van der Waals surface area contributed by atoms with Crippen molar-refractivity contribution < 1.29 is 4.74 Å². The average Bonchev–Trinajstić information content (AvgIpc) is 2.29. The lowest BCUT2D eigenvalue weighted by atomic mass is 10.0. The summed E-state index contributed by atoms with van der Waals surface area (Å²) in [5.74, 6) is 1.94. The van der Waals surface area contributed by atoms with Crippen molar-refractivity contribution >= 4 is 17.4 Å². The Hall–Kier alpha value is -0.960. The standard InChI is InChI=1S/C11H17ClN2O/c1-4-11(2,8-12)14-9-6-5-7-10(13-9)15-3/h5-7H,4,8H2,1-3H3,(H,13,14). The van der Waals surface area contributed by atoms with Crippen molar-refractivity contribution in [2.45, 2.75) is 25.8 Å². The second-order valence-corrected chi connectivity index (χ2v) is 4.01. The van der Waals surface area contributed by atoms with Crippen molar-refractivity contribution in [3.8, 4) is 5.88 Å². The van der Waals surface area contributed by atoms with E-state index in [1.807, 2.05) is 18.2 Å². The minimum absolute atomic E-state index is 0.124. The number of rotatable bonds is 5. The molecule has 0 radical (unpaired) electrons. The van der Waals surface area contributed by atoms with Crippen LogP contribution >= 0.6 is 11.6 Å². The minimum Gasteiger partial charge on any atom is -0.481 e. The highest BCUT2D eigenvalue weighted by Gasteiger charge is 2.20. The van der Waals surface area contributed by atoms with Gasteiger partial charge in [0.15, 0.2) is 0 Å². The van der Waals surface area contributed by atoms with E-state index in [-0.39, 0.29) is 5.54 Å². The Morgan fingerprint density at radius 3 is 2.80 bits per heavy atom. The zero-order chi connectivity index (χ0) is 11.3. The van der Waals surface area contributed by atoms with Crippen molar-refractivity contribution in [1.82, 2.24) is 4.98 Å². The number of alkyl halides is 1. The monoisotopic (exact) mass is 228 g/mol. The zero-order valence-corrected chi connectivity index (χ0v) is 10.1. The summed E-state index contributed by atoms with van der Waals surface area (Å²) in [6, 6.07) is 5.62. The molecule has 84 valence electrons. The molecule has 4 heteroatoms. The van der Waals surface area contributed by atoms with Gasteiger partial charge in [0.2, 0.25) is 5.88 Å². The fraction of sp³-hybridized carbons (Fsp3) is 0.545. The van der Waals surface area contributed by atoms with E-state index in [9.17, 15) is 0 Å². The van der Waals surface area contributed by atoms with Gasteiger partial charge < -0.3 is 10.1 Å². The van der Waals surface area contributed by atoms with Crippen LogP contribution in [0.3, 0.4) is 0 Å². The van der Waals surface area contributed by atoms with Gasteiger partial charge in [-0.1, -0.05) is 13.0 Å². The van der Waals surface area contributed by atoms with Crippen molar-refractivity contribution in [2.24, 2.45) is 0 Å². The molecule has 1 aromatic heterocycles. The Labute approximate surface area is 95.8 Å². The van der Waals surface area contributed by atoms with Crippen LogP contribution in [0.1, 0.15) is 20.3 Å². The number of hydrogen-bond donors (Lipinski definition) is 1. The molecule has 0 aliphatic carbocycles. The molecule has 0 saturated heterocycles. The average molecular weight is 229 g/mol. The third-order valence-electron chi connectivity index (χ3n) is 2.44. The number of ether oxygens (including phenoxy) is 1. The molecule has 15 heavy (non-hydrogen) atoms. The van der Waals surface area contributed by atoms with Crippen LogP contribution in [-0.4, -0.2) is 23.5 Å². The van der Waals surface area contributed by atoms with Crippen molar-refractivity contribution in [3.63, 3.8) is 0 Å². The van der Waals surface area contributed by atoms with Gasteiger partial charge in [-0.05, 0) is 19.4 Å². The van der Waals surface area contributed by atoms with Gasteiger partial charge in [-0.15, -0.1) is 11.6 Å². The fourth-order valence-electron chi connectivity index (χ4n) is 1.12. The van der Waals surface area contributed by atoms with E-state index in [2.05, 4.69) is 24.1 Å². The Bertz CT molecular complexity index is 313. The summed E-state index contributed by atoms with van der Waals surface area (Å²) >= 11 is 5.91. The molecule has 0 saturated carbocycles. The molecule has 0 spiro atoms. The molecule has 0 bridgehead atoms. The van der Waals surface area contributed by atoms with Gasteiger partial charge in [0.1, 0.15) is 5.82 Å². The first-order chi connectivity index (χ1) is 7.13. The maximum Gasteiger partial charge on any atom is 0.214 e. The summed E-state index contributed by atoms with van der Waals surface area (Å²) in [4.78, 5) is 4.28. The molecule has 3 nitrogen and oxygen atoms in total. The number of halogens is 1. The highest BCUT2D eigenvalue weighted by atomic mass is 35.5. The minimum atomic E-state index is -0.124. The predicted octanol–water partition coefficient (Wildman–Crippen LogP) is 2.91. The number of anilines is 1. The van der Waals surface area contributed by atoms with Crippen molar-refractivity contribution in [2.75, 3.05) is 18.3 Å². The molecule has 1 N–H and O–H groups in total. The van der Waals surface area contributed by atoms with Gasteiger partial charge >= 0.3 is 0 Å². The molecule has 1 aromatic rings. The topological polar surface area (TPSA) is 34.1 Å². The lowest BCUT2D eigenvalue weighted by Gasteiger charge is -2.27. The maximum atomic E-state index is 5.91. The first kappa shape index (κ1) is 12.1. The van der Waals surface area contributed by atoms with Crippen LogP contribution < -0.4 is 10.1 Å². The van der Waals surface area contributed by atoms with E-state index in [0.29, 0.717) is 11.8 Å². The number of pyridine rings is 1. The maximum absolute atomic E-state index is 5.91. The molecule has 0 amide bonds. The van der Waals surface area contributed by atoms with Gasteiger partial charge in [0.05, 0.1) is 7.11 Å². The van der Waals surface area contributed by atoms with E-state index in [4.69, 9.17) is 16.3 Å². The lowest BCUT2D eigenvalue weighted by molar-refractivity contribution is 0.398. The molecule has 1 unspecified atom stereocenters. The van der Waals surface area contributed by atoms with E-state index >= 15 is 0 Å². The summed E-state index contributed by atoms with van der Waals surface area (Å²) in [6.07, 6.45) is 0.940. The Morgan fingerprint density at radius 2 is 2.27 bits per heavy atom. The van der Waals surface area contributed by atoms with Crippen LogP contribution in [0.15, 0.2) is 18.2 Å². The van der Waals surface area contributed by atoms with Gasteiger partial charge in [-0.3, -0.25) is 0 Å². The summed E-state index contributed by atoms with van der Waals surface area (Å²) in [6.45, 7) is 4.16. The summed E-state index contributed by atoms with van der Waals surface area (Å²) < 4.78 is 5.05. The second kappa shape index (κ2) is 5.21. The van der Waals surface area contributed by atoms with Gasteiger partial charge in [-0.25, -0.2) is 0 Å². The molecular formula is C11H17ClN2O. The molecule has 0 aliphatic rings. The lowest BCUT2D eigenvalue weighted by Crippen LogP contribution is -2.36. The number of aromatic nitrogens is 1. The zero-order valence-electron chi connectivity index (χ0n) is 9.38. The third kappa shape index (κ3) is 3.27. The molecular weight excluding hydrogens is 212 g/mol. The molecule has 0 fully saturated rings. The van der Waals surface area contributed by atoms with E-state index in [0.717, 1.165) is 12.2 Å². The first-order valence-corrected chi connectivity index (χ1v) is 5.52. The molecule has 0 aliphatic heterocycles. The third-order valence-corrected chi connectivity index (χ3v) is 3.03. The SMILES string of the molecule is CCC(C)(CCl)Nc1cccc(OC)n1. The second-order valence-electron chi connectivity index (χ2n) is 3.74.